The molecule has 0 aromatic rings. The van der Waals surface area contributed by atoms with Crippen molar-refractivity contribution >= 4 is 16.3 Å². The van der Waals surface area contributed by atoms with Gasteiger partial charge in [-0.05, 0) is 6.42 Å². The molecule has 2 saturated heterocycles. The van der Waals surface area contributed by atoms with Gasteiger partial charge in [-0.25, -0.2) is 8.42 Å². The van der Waals surface area contributed by atoms with Gasteiger partial charge in [0.25, 0.3) is 0 Å². The number of carbonyl (C=O) groups is 1. The molecular weight excluding hydrogens is 497 g/mol. The van der Waals surface area contributed by atoms with Gasteiger partial charge in [0.1, 0.15) is 48.8 Å². The summed E-state index contributed by atoms with van der Waals surface area (Å²) in [6.45, 7) is 1.32. The summed E-state index contributed by atoms with van der Waals surface area (Å²) in [4.78, 5) is 11.6. The molecular formula is C17H30NNaO14S. The summed E-state index contributed by atoms with van der Waals surface area (Å²) in [6.07, 6.45) is -13.7. The fourth-order valence-electron chi connectivity index (χ4n) is 3.47. The van der Waals surface area contributed by atoms with Crippen molar-refractivity contribution in [3.8, 4) is 0 Å². The van der Waals surface area contributed by atoms with Crippen molar-refractivity contribution in [3.05, 3.63) is 0 Å². The molecule has 17 heteroatoms. The topological polar surface area (TPSA) is 234 Å². The Morgan fingerprint density at radius 1 is 1.03 bits per heavy atom. The van der Waals surface area contributed by atoms with Crippen LogP contribution < -0.4 is 34.9 Å². The second-order valence-corrected chi connectivity index (χ2v) is 8.67. The molecule has 0 aromatic heterocycles. The first kappa shape index (κ1) is 32.0. The number of hydrogen-bond acceptors (Lipinski definition) is 14. The molecule has 0 spiro atoms. The third kappa shape index (κ3) is 8.53. The van der Waals surface area contributed by atoms with E-state index in [1.54, 1.807) is 6.92 Å². The van der Waals surface area contributed by atoms with Gasteiger partial charge in [0.05, 0.1) is 13.2 Å². The minimum absolute atomic E-state index is 0. The maximum atomic E-state index is 11.6. The number of amides is 1. The van der Waals surface area contributed by atoms with Crippen LogP contribution in [0.1, 0.15) is 20.3 Å². The molecule has 1 amide bonds. The van der Waals surface area contributed by atoms with Gasteiger partial charge in [-0.2, -0.15) is 0 Å². The van der Waals surface area contributed by atoms with E-state index in [1.807, 2.05) is 0 Å². The fourth-order valence-corrected chi connectivity index (χ4v) is 3.77. The molecule has 15 nitrogen and oxygen atoms in total. The third-order valence-corrected chi connectivity index (χ3v) is 5.47. The minimum Gasteiger partial charge on any atom is -0.726 e. The summed E-state index contributed by atoms with van der Waals surface area (Å²) in [5.74, 6) is -0.642. The molecule has 0 aliphatic carbocycles. The summed E-state index contributed by atoms with van der Waals surface area (Å²) in [6, 6.07) is -1.40. The zero-order valence-corrected chi connectivity index (χ0v) is 21.7. The predicted molar refractivity (Wildman–Crippen MR) is 103 cm³/mol. The van der Waals surface area contributed by atoms with Crippen molar-refractivity contribution in [1.82, 2.24) is 5.32 Å². The van der Waals surface area contributed by atoms with E-state index in [2.05, 4.69) is 9.50 Å². The molecule has 0 unspecified atom stereocenters. The minimum atomic E-state index is -5.17. The van der Waals surface area contributed by atoms with Crippen LogP contribution in [0.3, 0.4) is 0 Å². The van der Waals surface area contributed by atoms with Crippen molar-refractivity contribution in [2.45, 2.75) is 81.6 Å². The molecule has 2 rings (SSSR count). The average Bonchev–Trinajstić information content (AvgIpc) is 2.74. The smallest absolute Gasteiger partial charge is 0.726 e. The van der Waals surface area contributed by atoms with Crippen molar-refractivity contribution in [2.75, 3.05) is 19.8 Å². The van der Waals surface area contributed by atoms with Gasteiger partial charge in [-0.3, -0.25) is 8.98 Å². The average molecular weight is 527 g/mol. The fraction of sp³-hybridized carbons (Fsp3) is 0.941. The molecule has 0 bridgehead atoms. The number of rotatable bonds is 10. The molecule has 10 atom stereocenters. The number of nitrogens with one attached hydrogen (secondary N) is 1. The Labute approximate surface area is 218 Å². The first-order chi connectivity index (χ1) is 15.4. The van der Waals surface area contributed by atoms with Crippen LogP contribution in [0, 0.1) is 0 Å². The van der Waals surface area contributed by atoms with Crippen LogP contribution in [-0.4, -0.2) is 126 Å². The third-order valence-electron chi connectivity index (χ3n) is 5.05. The molecule has 0 radical (unpaired) electrons. The van der Waals surface area contributed by atoms with Crippen LogP contribution in [0.5, 0.6) is 0 Å². The van der Waals surface area contributed by atoms with E-state index in [9.17, 15) is 43.3 Å². The largest absolute Gasteiger partial charge is 1.00 e. The molecule has 0 saturated carbocycles. The van der Waals surface area contributed by atoms with Gasteiger partial charge >= 0.3 is 29.6 Å². The van der Waals surface area contributed by atoms with Crippen LogP contribution in [-0.2, 0) is 38.3 Å². The van der Waals surface area contributed by atoms with Gasteiger partial charge < -0.3 is 54.3 Å². The molecule has 34 heavy (non-hydrogen) atoms. The molecule has 2 aliphatic rings. The van der Waals surface area contributed by atoms with Crippen LogP contribution in [0.4, 0.5) is 0 Å². The summed E-state index contributed by atoms with van der Waals surface area (Å²) in [7, 11) is -5.17. The molecule has 2 heterocycles. The molecule has 2 fully saturated rings. The number of aliphatic hydroxyl groups is 5. The van der Waals surface area contributed by atoms with Gasteiger partial charge in [-0.15, -0.1) is 0 Å². The second-order valence-electron chi connectivity index (χ2n) is 7.62. The molecule has 6 N–H and O–H groups in total. The first-order valence-corrected chi connectivity index (χ1v) is 11.5. The Hall–Kier alpha value is -0.0200. The van der Waals surface area contributed by atoms with Crippen molar-refractivity contribution in [2.24, 2.45) is 0 Å². The van der Waals surface area contributed by atoms with Gasteiger partial charge in [0, 0.05) is 13.5 Å². The van der Waals surface area contributed by atoms with Crippen molar-refractivity contribution < 1.29 is 96.0 Å². The molecule has 194 valence electrons. The number of hydrogen-bond donors (Lipinski definition) is 6. The number of ether oxygens (including phenoxy) is 4. The predicted octanol–water partition coefficient (Wildman–Crippen LogP) is -7.33. The van der Waals surface area contributed by atoms with Gasteiger partial charge in [0.2, 0.25) is 16.3 Å². The summed E-state index contributed by atoms with van der Waals surface area (Å²) >= 11 is 0. The summed E-state index contributed by atoms with van der Waals surface area (Å²) in [5, 5.41) is 53.2. The maximum absolute atomic E-state index is 11.6. The number of carbonyl (C=O) groups excluding carboxylic acids is 1. The Balaban J connectivity index is 0.00000578. The Morgan fingerprint density at radius 2 is 1.65 bits per heavy atom. The SMILES string of the molecule is CCCO[C@H]1O[C@H](COS(=O)(=O)[O-])[C@@H](O[C@@H]2O[C@H](CO)[C@@H](O)[C@H](O)[C@H]2NC(C)=O)[C@H](O)[C@H]1O.[Na+]. The first-order valence-electron chi connectivity index (χ1n) is 10.2. The zero-order valence-electron chi connectivity index (χ0n) is 18.9. The van der Waals surface area contributed by atoms with Crippen molar-refractivity contribution in [1.29, 1.82) is 0 Å². The van der Waals surface area contributed by atoms with Gasteiger partial charge in [-0.1, -0.05) is 6.92 Å². The van der Waals surface area contributed by atoms with E-state index in [1.165, 1.54) is 0 Å². The van der Waals surface area contributed by atoms with E-state index in [4.69, 9.17) is 18.9 Å². The normalized spacial score (nSPS) is 38.7. The van der Waals surface area contributed by atoms with E-state index < -0.39 is 90.9 Å². The van der Waals surface area contributed by atoms with E-state index in [0.717, 1.165) is 6.92 Å². The van der Waals surface area contributed by atoms with E-state index in [0.29, 0.717) is 6.42 Å². The summed E-state index contributed by atoms with van der Waals surface area (Å²) < 4.78 is 58.8. The Morgan fingerprint density at radius 3 is 2.18 bits per heavy atom. The van der Waals surface area contributed by atoms with Crippen molar-refractivity contribution in [3.63, 3.8) is 0 Å². The van der Waals surface area contributed by atoms with Crippen LogP contribution in [0.25, 0.3) is 0 Å². The monoisotopic (exact) mass is 527 g/mol. The standard InChI is InChI=1S/C17H31NO14S.Na/c1-3-4-28-17-14(24)13(23)15(9(31-17)6-29-33(25,26)27)32-16-10(18-7(2)20)12(22)11(21)8(5-19)30-16;/h8-17,19,21-24H,3-6H2,1-2H3,(H,18,20)(H,25,26,27);/q;+1/p-1/t8-,9-,10-,11-,12-,13-,14-,15-,16+,17+;/m1./s1. The maximum Gasteiger partial charge on any atom is 1.00 e. The molecule has 2 aliphatic heterocycles. The van der Waals surface area contributed by atoms with E-state index >= 15 is 0 Å². The van der Waals surface area contributed by atoms with Gasteiger partial charge in [0.15, 0.2) is 12.6 Å². The van der Waals surface area contributed by atoms with Crippen LogP contribution in [0.2, 0.25) is 0 Å². The zero-order chi connectivity index (χ0) is 24.9. The van der Waals surface area contributed by atoms with Crippen LogP contribution >= 0.6 is 0 Å². The second kappa shape index (κ2) is 14.1. The van der Waals surface area contributed by atoms with Crippen LogP contribution in [0.15, 0.2) is 0 Å². The molecule has 0 aromatic carbocycles. The Kier molecular flexibility index (Phi) is 13.2. The van der Waals surface area contributed by atoms with E-state index in [-0.39, 0.29) is 36.2 Å². The quantitative estimate of drug-likeness (QED) is 0.0880. The summed E-state index contributed by atoms with van der Waals surface area (Å²) in [5.41, 5.74) is 0. The number of aliphatic hydroxyl groups excluding tert-OH is 5. The Bertz CT molecular complexity index is 744.